The van der Waals surface area contributed by atoms with Crippen molar-refractivity contribution in [2.75, 3.05) is 18.8 Å². The number of fused-ring (bicyclic) bond motifs is 1. The number of pyridine rings is 1. The second kappa shape index (κ2) is 11.3. The van der Waals surface area contributed by atoms with Gasteiger partial charge in [0, 0.05) is 36.3 Å². The summed E-state index contributed by atoms with van der Waals surface area (Å²) in [6.07, 6.45) is 2.72. The van der Waals surface area contributed by atoms with Crippen molar-refractivity contribution < 1.29 is 27.2 Å². The number of aromatic nitrogens is 1. The van der Waals surface area contributed by atoms with E-state index < -0.39 is 17.6 Å². The third-order valence-corrected chi connectivity index (χ3v) is 6.75. The number of rotatable bonds is 6. The third kappa shape index (κ3) is 6.17. The Kier molecular flexibility index (Phi) is 7.59. The number of nitrogen functional groups attached to an aromatic ring is 1. The lowest BCUT2D eigenvalue weighted by atomic mass is 9.99. The summed E-state index contributed by atoms with van der Waals surface area (Å²) in [5.74, 6) is 0.0104. The summed E-state index contributed by atoms with van der Waals surface area (Å²) in [6, 6.07) is 14.0. The average Bonchev–Trinajstić information content (AvgIpc) is 3.38. The summed E-state index contributed by atoms with van der Waals surface area (Å²) in [4.78, 5) is 30.7. The van der Waals surface area contributed by atoms with Gasteiger partial charge in [-0.3, -0.25) is 9.59 Å². The lowest BCUT2D eigenvalue weighted by Gasteiger charge is -2.26. The summed E-state index contributed by atoms with van der Waals surface area (Å²) in [5.41, 5.74) is 6.37. The molecule has 2 aromatic heterocycles. The highest BCUT2D eigenvalue weighted by molar-refractivity contribution is 5.95. The molecule has 4 aromatic rings. The molecule has 7 nitrogen and oxygen atoms in total. The molecule has 0 atom stereocenters. The van der Waals surface area contributed by atoms with Crippen molar-refractivity contribution in [2.24, 2.45) is 0 Å². The Morgan fingerprint density at radius 2 is 1.75 bits per heavy atom. The van der Waals surface area contributed by atoms with Crippen LogP contribution in [-0.4, -0.2) is 34.8 Å². The molecule has 3 heterocycles. The number of nitrogens with one attached hydrogen (secondary N) is 1. The van der Waals surface area contributed by atoms with E-state index in [4.69, 9.17) is 10.2 Å². The number of benzene rings is 2. The molecular formula is C30H27F3N4O3. The van der Waals surface area contributed by atoms with Crippen LogP contribution in [0.15, 0.2) is 71.3 Å². The number of amides is 2. The van der Waals surface area contributed by atoms with Crippen molar-refractivity contribution >= 4 is 34.7 Å². The van der Waals surface area contributed by atoms with Gasteiger partial charge in [0.25, 0.3) is 5.91 Å². The lowest BCUT2D eigenvalue weighted by Crippen LogP contribution is -2.35. The Labute approximate surface area is 228 Å². The Balaban J connectivity index is 1.35. The molecule has 0 aliphatic carbocycles. The van der Waals surface area contributed by atoms with Gasteiger partial charge in [0.2, 0.25) is 5.91 Å². The monoisotopic (exact) mass is 548 g/mol. The van der Waals surface area contributed by atoms with Crippen molar-refractivity contribution in [1.29, 1.82) is 0 Å². The van der Waals surface area contributed by atoms with E-state index in [-0.39, 0.29) is 29.2 Å². The average molecular weight is 549 g/mol. The molecule has 1 aliphatic heterocycles. The van der Waals surface area contributed by atoms with E-state index in [0.717, 1.165) is 25.3 Å². The lowest BCUT2D eigenvalue weighted by molar-refractivity contribution is -0.136. The molecule has 5 rings (SSSR count). The van der Waals surface area contributed by atoms with Crippen LogP contribution in [0.3, 0.4) is 0 Å². The van der Waals surface area contributed by atoms with E-state index in [1.54, 1.807) is 48.5 Å². The first kappa shape index (κ1) is 27.0. The second-order valence-corrected chi connectivity index (χ2v) is 9.65. The molecule has 1 saturated heterocycles. The topological polar surface area (TPSA) is 101 Å². The smallest absolute Gasteiger partial charge is 0.420 e. The number of hydrogen-bond acceptors (Lipinski definition) is 5. The normalized spacial score (nSPS) is 14.1. The SMILES string of the molecule is Nc1ccc(/C=C/C(=O)NCc2cc3cc(-c4ccc(C(=O)N5CCCCC5)cc4)cc(C(F)(F)F)c3o2)cn1. The van der Waals surface area contributed by atoms with Gasteiger partial charge in [0.05, 0.1) is 12.1 Å². The number of alkyl halides is 3. The maximum atomic E-state index is 14.0. The zero-order valence-electron chi connectivity index (χ0n) is 21.5. The molecule has 1 fully saturated rings. The molecule has 0 bridgehead atoms. The fraction of sp³-hybridized carbons (Fsp3) is 0.233. The number of carbonyl (C=O) groups excluding carboxylic acids is 2. The number of likely N-dealkylation sites (tertiary alicyclic amines) is 1. The van der Waals surface area contributed by atoms with E-state index >= 15 is 0 Å². The van der Waals surface area contributed by atoms with E-state index in [2.05, 4.69) is 10.3 Å². The molecule has 0 unspecified atom stereocenters. The zero-order valence-corrected chi connectivity index (χ0v) is 21.5. The minimum Gasteiger partial charge on any atom is -0.459 e. The zero-order chi connectivity index (χ0) is 28.3. The molecular weight excluding hydrogens is 521 g/mol. The van der Waals surface area contributed by atoms with E-state index in [1.165, 1.54) is 18.3 Å². The summed E-state index contributed by atoms with van der Waals surface area (Å²) in [5, 5.41) is 2.86. The van der Waals surface area contributed by atoms with Gasteiger partial charge >= 0.3 is 6.18 Å². The van der Waals surface area contributed by atoms with Crippen LogP contribution >= 0.6 is 0 Å². The molecule has 0 radical (unpaired) electrons. The summed E-state index contributed by atoms with van der Waals surface area (Å²) in [7, 11) is 0. The van der Waals surface area contributed by atoms with E-state index in [9.17, 15) is 22.8 Å². The molecule has 2 aromatic carbocycles. The quantitative estimate of drug-likeness (QED) is 0.286. The first-order chi connectivity index (χ1) is 19.2. The molecule has 1 aliphatic rings. The predicted molar refractivity (Wildman–Crippen MR) is 146 cm³/mol. The Morgan fingerprint density at radius 1 is 1.00 bits per heavy atom. The minimum absolute atomic E-state index is 0.0702. The standard InChI is InChI=1S/C30H27F3N4O3/c31-30(32,33)25-16-22(20-6-8-21(9-7-20)29(39)37-12-2-1-3-13-37)14-23-15-24(40-28(23)25)18-36-27(38)11-5-19-4-10-26(34)35-17-19/h4-11,14-17H,1-3,12-13,18H2,(H2,34,35)(H,36,38)/b11-5+. The molecule has 40 heavy (non-hydrogen) atoms. The number of furan rings is 1. The van der Waals surface area contributed by atoms with Gasteiger partial charge in [-0.25, -0.2) is 4.98 Å². The van der Waals surface area contributed by atoms with Crippen LogP contribution < -0.4 is 11.1 Å². The fourth-order valence-corrected chi connectivity index (χ4v) is 4.68. The maximum Gasteiger partial charge on any atom is 0.420 e. The summed E-state index contributed by atoms with van der Waals surface area (Å²) < 4.78 is 47.5. The number of hydrogen-bond donors (Lipinski definition) is 2. The molecule has 10 heteroatoms. The highest BCUT2D eigenvalue weighted by Gasteiger charge is 2.35. The van der Waals surface area contributed by atoms with Crippen molar-refractivity contribution in [2.45, 2.75) is 32.0 Å². The fourth-order valence-electron chi connectivity index (χ4n) is 4.68. The van der Waals surface area contributed by atoms with Crippen molar-refractivity contribution in [3.63, 3.8) is 0 Å². The van der Waals surface area contributed by atoms with Crippen LogP contribution in [0.5, 0.6) is 0 Å². The van der Waals surface area contributed by atoms with Crippen molar-refractivity contribution in [3.05, 3.63) is 89.3 Å². The minimum atomic E-state index is -4.66. The highest BCUT2D eigenvalue weighted by atomic mass is 19.4. The van der Waals surface area contributed by atoms with Crippen LogP contribution in [0, 0.1) is 0 Å². The molecule has 0 saturated carbocycles. The van der Waals surface area contributed by atoms with Gasteiger partial charge < -0.3 is 20.4 Å². The maximum absolute atomic E-state index is 14.0. The van der Waals surface area contributed by atoms with Gasteiger partial charge in [0.15, 0.2) is 0 Å². The summed E-state index contributed by atoms with van der Waals surface area (Å²) in [6.45, 7) is 1.33. The third-order valence-electron chi connectivity index (χ3n) is 6.75. The second-order valence-electron chi connectivity index (χ2n) is 9.65. The molecule has 2 amide bonds. The Hall–Kier alpha value is -4.60. The number of halogens is 3. The Bertz CT molecular complexity index is 1550. The van der Waals surface area contributed by atoms with Crippen LogP contribution in [0.4, 0.5) is 19.0 Å². The predicted octanol–water partition coefficient (Wildman–Crippen LogP) is 6.05. The number of carbonyl (C=O) groups is 2. The van der Waals surface area contributed by atoms with Gasteiger partial charge in [-0.1, -0.05) is 12.1 Å². The van der Waals surface area contributed by atoms with Crippen LogP contribution in [0.25, 0.3) is 28.2 Å². The van der Waals surface area contributed by atoms with Crippen LogP contribution in [0.1, 0.15) is 46.5 Å². The van der Waals surface area contributed by atoms with E-state index in [1.807, 2.05) is 4.90 Å². The number of anilines is 1. The number of nitrogens with two attached hydrogens (primary N) is 1. The van der Waals surface area contributed by atoms with Crippen LogP contribution in [0.2, 0.25) is 0 Å². The molecule has 206 valence electrons. The number of piperidine rings is 1. The largest absolute Gasteiger partial charge is 0.459 e. The first-order valence-electron chi connectivity index (χ1n) is 12.9. The first-order valence-corrected chi connectivity index (χ1v) is 12.9. The van der Waals surface area contributed by atoms with Gasteiger partial charge in [-0.05, 0) is 84.5 Å². The van der Waals surface area contributed by atoms with Gasteiger partial charge in [0.1, 0.15) is 17.2 Å². The number of nitrogens with zero attached hydrogens (tertiary/aromatic N) is 2. The Morgan fingerprint density at radius 3 is 2.42 bits per heavy atom. The summed E-state index contributed by atoms with van der Waals surface area (Å²) >= 11 is 0. The van der Waals surface area contributed by atoms with Gasteiger partial charge in [-0.2, -0.15) is 13.2 Å². The van der Waals surface area contributed by atoms with Crippen molar-refractivity contribution in [1.82, 2.24) is 15.2 Å². The highest BCUT2D eigenvalue weighted by Crippen LogP contribution is 2.39. The van der Waals surface area contributed by atoms with Crippen molar-refractivity contribution in [3.8, 4) is 11.1 Å². The molecule has 3 N–H and O–H groups in total. The van der Waals surface area contributed by atoms with E-state index in [0.29, 0.717) is 41.2 Å². The van der Waals surface area contributed by atoms with Gasteiger partial charge in [-0.15, -0.1) is 0 Å². The molecule has 0 spiro atoms. The van der Waals surface area contributed by atoms with Crippen LogP contribution in [-0.2, 0) is 17.5 Å².